The predicted molar refractivity (Wildman–Crippen MR) is 128 cm³/mol. The second kappa shape index (κ2) is 9.32. The number of fused-ring (bicyclic) bond motifs is 1. The normalized spacial score (nSPS) is 10.9. The van der Waals surface area contributed by atoms with Crippen molar-refractivity contribution in [3.05, 3.63) is 89.6 Å². The van der Waals surface area contributed by atoms with Crippen molar-refractivity contribution in [2.75, 3.05) is 5.73 Å². The molecule has 4 nitrogen and oxygen atoms in total. The summed E-state index contributed by atoms with van der Waals surface area (Å²) in [5.74, 6) is 1.29. The molecule has 8 heteroatoms. The standard InChI is InChI=1S/C23H17ClN4S2.ClH/c24-16-10-12-17(13-11-16)28-22(25)21(15-6-2-1-3-7-15)19(27-28)14-29-23-26-18-8-4-5-9-20(18)30-23;/h1-13H,14,25H2;1H/p-1. The first-order valence-electron chi connectivity index (χ1n) is 9.36. The molecular formula is C23H17Cl2N4S2-. The Balaban J connectivity index is 0.00000231. The number of benzene rings is 3. The molecule has 31 heavy (non-hydrogen) atoms. The number of nitrogens with two attached hydrogens (primary N) is 1. The van der Waals surface area contributed by atoms with Crippen LogP contribution in [0.15, 0.2) is 83.2 Å². The van der Waals surface area contributed by atoms with E-state index >= 15 is 0 Å². The van der Waals surface area contributed by atoms with Crippen molar-refractivity contribution in [1.29, 1.82) is 0 Å². The third-order valence-corrected chi connectivity index (χ3v) is 7.18. The number of rotatable bonds is 5. The van der Waals surface area contributed by atoms with Gasteiger partial charge in [-0.05, 0) is 42.0 Å². The molecule has 0 radical (unpaired) electrons. The lowest BCUT2D eigenvalue weighted by molar-refractivity contribution is -0.00000578. The average Bonchev–Trinajstić information content (AvgIpc) is 3.34. The molecule has 0 bridgehead atoms. The molecule has 2 heterocycles. The van der Waals surface area contributed by atoms with Gasteiger partial charge < -0.3 is 18.1 Å². The molecule has 0 saturated heterocycles. The Morgan fingerprint density at radius 3 is 2.39 bits per heavy atom. The van der Waals surface area contributed by atoms with Crippen LogP contribution in [0.5, 0.6) is 0 Å². The summed E-state index contributed by atoms with van der Waals surface area (Å²) in [6.07, 6.45) is 0. The SMILES string of the molecule is Nc1c(-c2ccccc2)c(CSc2nc3ccccc3s2)nn1-c1ccc(Cl)cc1.[Cl-]. The van der Waals surface area contributed by atoms with Gasteiger partial charge in [0.2, 0.25) is 0 Å². The smallest absolute Gasteiger partial charge is 0.151 e. The van der Waals surface area contributed by atoms with Gasteiger partial charge in [0, 0.05) is 16.3 Å². The fraction of sp³-hybridized carbons (Fsp3) is 0.0435. The highest BCUT2D eigenvalue weighted by molar-refractivity contribution is 8.00. The topological polar surface area (TPSA) is 56.7 Å². The second-order valence-electron chi connectivity index (χ2n) is 6.70. The summed E-state index contributed by atoms with van der Waals surface area (Å²) in [4.78, 5) is 4.73. The molecule has 0 atom stereocenters. The van der Waals surface area contributed by atoms with E-state index in [0.29, 0.717) is 16.6 Å². The molecule has 5 rings (SSSR count). The number of thioether (sulfide) groups is 1. The summed E-state index contributed by atoms with van der Waals surface area (Å²) < 4.78 is 4.00. The fourth-order valence-electron chi connectivity index (χ4n) is 3.32. The van der Waals surface area contributed by atoms with Crippen LogP contribution in [0.25, 0.3) is 27.0 Å². The molecule has 5 aromatic rings. The van der Waals surface area contributed by atoms with Crippen LogP contribution in [0.2, 0.25) is 5.02 Å². The molecule has 3 aromatic carbocycles. The first kappa shape index (κ1) is 21.7. The average molecular weight is 484 g/mol. The van der Waals surface area contributed by atoms with Crippen LogP contribution < -0.4 is 18.1 Å². The lowest BCUT2D eigenvalue weighted by Crippen LogP contribution is -3.00. The molecule has 0 saturated carbocycles. The van der Waals surface area contributed by atoms with Crippen molar-refractivity contribution >= 4 is 50.7 Å². The molecular weight excluding hydrogens is 467 g/mol. The Labute approximate surface area is 199 Å². The van der Waals surface area contributed by atoms with E-state index in [-0.39, 0.29) is 12.4 Å². The number of anilines is 1. The number of aromatic nitrogens is 3. The maximum absolute atomic E-state index is 6.58. The van der Waals surface area contributed by atoms with Crippen molar-refractivity contribution in [2.24, 2.45) is 0 Å². The molecule has 0 aliphatic carbocycles. The van der Waals surface area contributed by atoms with E-state index in [1.165, 1.54) is 4.70 Å². The highest BCUT2D eigenvalue weighted by Gasteiger charge is 2.19. The van der Waals surface area contributed by atoms with Gasteiger partial charge in [0.15, 0.2) is 4.34 Å². The van der Waals surface area contributed by atoms with Crippen molar-refractivity contribution < 1.29 is 12.4 Å². The minimum Gasteiger partial charge on any atom is -1.00 e. The van der Waals surface area contributed by atoms with Gasteiger partial charge in [0.05, 0.1) is 21.6 Å². The van der Waals surface area contributed by atoms with Crippen molar-refractivity contribution in [3.63, 3.8) is 0 Å². The fourth-order valence-corrected chi connectivity index (χ4v) is 5.45. The van der Waals surface area contributed by atoms with Crippen LogP contribution in [0.1, 0.15) is 5.69 Å². The first-order valence-corrected chi connectivity index (χ1v) is 11.5. The largest absolute Gasteiger partial charge is 1.00 e. The molecule has 0 aliphatic rings. The first-order chi connectivity index (χ1) is 14.7. The molecule has 2 aromatic heterocycles. The second-order valence-corrected chi connectivity index (χ2v) is 9.39. The minimum atomic E-state index is 0. The van der Waals surface area contributed by atoms with Crippen LogP contribution in [-0.4, -0.2) is 14.8 Å². The lowest BCUT2D eigenvalue weighted by Gasteiger charge is -2.05. The number of hydrogen-bond acceptors (Lipinski definition) is 5. The van der Waals surface area contributed by atoms with E-state index in [2.05, 4.69) is 18.2 Å². The Morgan fingerprint density at radius 2 is 1.65 bits per heavy atom. The third kappa shape index (κ3) is 4.43. The van der Waals surface area contributed by atoms with Crippen molar-refractivity contribution in [2.45, 2.75) is 10.1 Å². The van der Waals surface area contributed by atoms with E-state index < -0.39 is 0 Å². The van der Waals surface area contributed by atoms with E-state index in [1.54, 1.807) is 27.8 Å². The Morgan fingerprint density at radius 1 is 0.935 bits per heavy atom. The van der Waals surface area contributed by atoms with Gasteiger partial charge in [-0.3, -0.25) is 0 Å². The van der Waals surface area contributed by atoms with Crippen LogP contribution in [-0.2, 0) is 5.75 Å². The zero-order valence-corrected chi connectivity index (χ0v) is 19.3. The van der Waals surface area contributed by atoms with Crippen molar-refractivity contribution in [1.82, 2.24) is 14.8 Å². The number of nitrogen functional groups attached to an aromatic ring is 1. The predicted octanol–water partition coefficient (Wildman–Crippen LogP) is 3.68. The molecule has 0 aliphatic heterocycles. The number of nitrogens with zero attached hydrogens (tertiary/aromatic N) is 3. The summed E-state index contributed by atoms with van der Waals surface area (Å²) in [7, 11) is 0. The summed E-state index contributed by atoms with van der Waals surface area (Å²) in [6, 6.07) is 25.9. The molecule has 0 amide bonds. The van der Waals surface area contributed by atoms with Crippen LogP contribution in [0.3, 0.4) is 0 Å². The highest BCUT2D eigenvalue weighted by atomic mass is 35.5. The summed E-state index contributed by atoms with van der Waals surface area (Å²) in [6.45, 7) is 0. The Kier molecular flexibility index (Phi) is 6.53. The molecule has 0 fully saturated rings. The van der Waals surface area contributed by atoms with Gasteiger partial charge in [0.25, 0.3) is 0 Å². The van der Waals surface area contributed by atoms with Crippen LogP contribution in [0, 0.1) is 0 Å². The maximum atomic E-state index is 6.58. The summed E-state index contributed by atoms with van der Waals surface area (Å²) in [5.41, 5.74) is 11.4. The third-order valence-electron chi connectivity index (χ3n) is 4.73. The van der Waals surface area contributed by atoms with Gasteiger partial charge in [-0.25, -0.2) is 9.67 Å². The lowest BCUT2D eigenvalue weighted by atomic mass is 10.1. The highest BCUT2D eigenvalue weighted by Crippen LogP contribution is 2.37. The van der Waals surface area contributed by atoms with Crippen molar-refractivity contribution in [3.8, 4) is 16.8 Å². The molecule has 2 N–H and O–H groups in total. The van der Waals surface area contributed by atoms with E-state index in [1.807, 2.05) is 60.7 Å². The minimum absolute atomic E-state index is 0. The monoisotopic (exact) mass is 483 g/mol. The van der Waals surface area contributed by atoms with E-state index in [4.69, 9.17) is 27.4 Å². The number of halogens is 2. The van der Waals surface area contributed by atoms with Gasteiger partial charge in [-0.1, -0.05) is 65.8 Å². The summed E-state index contributed by atoms with van der Waals surface area (Å²) in [5, 5.41) is 5.54. The zero-order chi connectivity index (χ0) is 20.5. The Bertz CT molecular complexity index is 1280. The van der Waals surface area contributed by atoms with Gasteiger partial charge >= 0.3 is 0 Å². The number of para-hydroxylation sites is 1. The van der Waals surface area contributed by atoms with Gasteiger partial charge in [-0.2, -0.15) is 5.10 Å². The summed E-state index contributed by atoms with van der Waals surface area (Å²) >= 11 is 9.43. The van der Waals surface area contributed by atoms with Gasteiger partial charge in [0.1, 0.15) is 5.82 Å². The molecule has 156 valence electrons. The number of thiazole rings is 1. The quantitative estimate of drug-likeness (QED) is 0.387. The van der Waals surface area contributed by atoms with E-state index in [9.17, 15) is 0 Å². The van der Waals surface area contributed by atoms with Crippen LogP contribution in [0.4, 0.5) is 5.82 Å². The Hall–Kier alpha value is -2.51. The van der Waals surface area contributed by atoms with Crippen LogP contribution >= 0.6 is 34.7 Å². The van der Waals surface area contributed by atoms with Gasteiger partial charge in [-0.15, -0.1) is 11.3 Å². The molecule has 0 spiro atoms. The van der Waals surface area contributed by atoms with E-state index in [0.717, 1.165) is 32.4 Å². The molecule has 0 unspecified atom stereocenters. The maximum Gasteiger partial charge on any atom is 0.151 e. The zero-order valence-electron chi connectivity index (χ0n) is 16.2. The number of hydrogen-bond donors (Lipinski definition) is 1.